The van der Waals surface area contributed by atoms with Crippen molar-refractivity contribution in [2.75, 3.05) is 31.7 Å². The van der Waals surface area contributed by atoms with Crippen LogP contribution >= 0.6 is 0 Å². The minimum absolute atomic E-state index is 0.754. The molecule has 0 radical (unpaired) electrons. The number of ether oxygens (including phenoxy) is 1. The Morgan fingerprint density at radius 1 is 1.33 bits per heavy atom. The van der Waals surface area contributed by atoms with Crippen LogP contribution in [0.5, 0.6) is 0 Å². The molecule has 0 aliphatic heterocycles. The number of rotatable bonds is 5. The largest absolute Gasteiger partial charge is 0.380 e. The fraction of sp³-hybridized carbons (Fsp3) is 0.385. The van der Waals surface area contributed by atoms with E-state index in [1.807, 2.05) is 38.2 Å². The van der Waals surface area contributed by atoms with E-state index in [0.717, 1.165) is 31.0 Å². The van der Waals surface area contributed by atoms with Crippen LogP contribution in [0, 0.1) is 12.3 Å². The molecular weight excluding hydrogens is 186 g/mol. The second-order valence-corrected chi connectivity index (χ2v) is 3.31. The Bertz CT molecular complexity index is 323. The molecule has 0 heterocycles. The van der Waals surface area contributed by atoms with Crippen molar-refractivity contribution in [3.63, 3.8) is 0 Å². The zero-order valence-corrected chi connectivity index (χ0v) is 9.36. The monoisotopic (exact) mass is 203 g/mol. The van der Waals surface area contributed by atoms with Gasteiger partial charge in [-0.3, -0.25) is 0 Å². The number of likely N-dealkylation sites (N-methyl/N-ethyl adjacent to an activating group) is 1. The first-order valence-electron chi connectivity index (χ1n) is 5.13. The van der Waals surface area contributed by atoms with E-state index >= 15 is 0 Å². The number of hydrogen-bond donors (Lipinski definition) is 0. The van der Waals surface area contributed by atoms with E-state index in [2.05, 4.69) is 10.8 Å². The van der Waals surface area contributed by atoms with Crippen LogP contribution in [-0.4, -0.2) is 26.8 Å². The Balaban J connectivity index is 2.51. The highest BCUT2D eigenvalue weighted by molar-refractivity contribution is 5.49. The molecule has 0 saturated heterocycles. The summed E-state index contributed by atoms with van der Waals surface area (Å²) in [4.78, 5) is 2.15. The third kappa shape index (κ3) is 3.65. The molecule has 0 fully saturated rings. The van der Waals surface area contributed by atoms with Crippen LogP contribution in [0.15, 0.2) is 24.3 Å². The zero-order valence-electron chi connectivity index (χ0n) is 9.36. The van der Waals surface area contributed by atoms with E-state index in [-0.39, 0.29) is 0 Å². The Morgan fingerprint density at radius 2 is 2.00 bits per heavy atom. The highest BCUT2D eigenvalue weighted by Crippen LogP contribution is 2.12. The fourth-order valence-corrected chi connectivity index (χ4v) is 1.29. The average Bonchev–Trinajstić information content (AvgIpc) is 2.29. The summed E-state index contributed by atoms with van der Waals surface area (Å²) in [5, 5.41) is 0. The van der Waals surface area contributed by atoms with Gasteiger partial charge >= 0.3 is 0 Å². The molecule has 0 aliphatic rings. The van der Waals surface area contributed by atoms with Gasteiger partial charge in [0.1, 0.15) is 0 Å². The Labute approximate surface area is 91.9 Å². The minimum Gasteiger partial charge on any atom is -0.380 e. The van der Waals surface area contributed by atoms with Gasteiger partial charge in [0.15, 0.2) is 0 Å². The van der Waals surface area contributed by atoms with Gasteiger partial charge in [0, 0.05) is 31.5 Å². The summed E-state index contributed by atoms with van der Waals surface area (Å²) in [5.41, 5.74) is 2.07. The summed E-state index contributed by atoms with van der Waals surface area (Å²) >= 11 is 0. The Hall–Kier alpha value is -1.46. The van der Waals surface area contributed by atoms with Crippen molar-refractivity contribution in [1.29, 1.82) is 0 Å². The van der Waals surface area contributed by atoms with Crippen molar-refractivity contribution in [3.8, 4) is 12.3 Å². The molecule has 80 valence electrons. The molecule has 1 rings (SSSR count). The summed E-state index contributed by atoms with van der Waals surface area (Å²) < 4.78 is 5.30. The molecule has 2 heteroatoms. The van der Waals surface area contributed by atoms with Gasteiger partial charge in [0.2, 0.25) is 0 Å². The van der Waals surface area contributed by atoms with Gasteiger partial charge in [-0.2, -0.15) is 0 Å². The lowest BCUT2D eigenvalue weighted by Gasteiger charge is -2.18. The quantitative estimate of drug-likeness (QED) is 0.537. The molecular formula is C13H17NO. The van der Waals surface area contributed by atoms with Crippen molar-refractivity contribution in [1.82, 2.24) is 0 Å². The highest BCUT2D eigenvalue weighted by Gasteiger charge is 1.99. The van der Waals surface area contributed by atoms with Gasteiger partial charge in [-0.25, -0.2) is 0 Å². The number of hydrogen-bond acceptors (Lipinski definition) is 2. The zero-order chi connectivity index (χ0) is 11.1. The summed E-state index contributed by atoms with van der Waals surface area (Å²) in [6, 6.07) is 7.96. The molecule has 0 bridgehead atoms. The lowest BCUT2D eigenvalue weighted by Crippen LogP contribution is -2.22. The first-order chi connectivity index (χ1) is 7.27. The third-order valence-corrected chi connectivity index (χ3v) is 2.25. The van der Waals surface area contributed by atoms with Gasteiger partial charge in [0.25, 0.3) is 0 Å². The lowest BCUT2D eigenvalue weighted by atomic mass is 10.2. The molecule has 0 N–H and O–H groups in total. The third-order valence-electron chi connectivity index (χ3n) is 2.25. The SMILES string of the molecule is C#Cc1ccc(N(C)CCOCC)cc1. The summed E-state index contributed by atoms with van der Waals surface area (Å²) in [7, 11) is 2.05. The van der Waals surface area contributed by atoms with Crippen LogP contribution in [0.25, 0.3) is 0 Å². The first-order valence-corrected chi connectivity index (χ1v) is 5.13. The number of benzene rings is 1. The summed E-state index contributed by atoms with van der Waals surface area (Å²) in [5.74, 6) is 2.60. The lowest BCUT2D eigenvalue weighted by molar-refractivity contribution is 0.154. The van der Waals surface area contributed by atoms with Crippen LogP contribution in [0.1, 0.15) is 12.5 Å². The van der Waals surface area contributed by atoms with Gasteiger partial charge in [-0.05, 0) is 31.2 Å². The van der Waals surface area contributed by atoms with E-state index in [1.165, 1.54) is 0 Å². The second-order valence-electron chi connectivity index (χ2n) is 3.31. The molecule has 15 heavy (non-hydrogen) atoms. The molecule has 1 aromatic carbocycles. The number of anilines is 1. The maximum atomic E-state index is 5.30. The predicted molar refractivity (Wildman–Crippen MR) is 64.1 cm³/mol. The normalized spacial score (nSPS) is 9.67. The molecule has 0 spiro atoms. The minimum atomic E-state index is 0.754. The highest BCUT2D eigenvalue weighted by atomic mass is 16.5. The van der Waals surface area contributed by atoms with E-state index in [9.17, 15) is 0 Å². The molecule has 0 saturated carbocycles. The number of terminal acetylenes is 1. The standard InChI is InChI=1S/C13H17NO/c1-4-12-6-8-13(9-7-12)14(3)10-11-15-5-2/h1,6-9H,5,10-11H2,2-3H3. The van der Waals surface area contributed by atoms with Crippen molar-refractivity contribution < 1.29 is 4.74 Å². The molecule has 0 atom stereocenters. The van der Waals surface area contributed by atoms with E-state index in [1.54, 1.807) is 0 Å². The van der Waals surface area contributed by atoms with Crippen LogP contribution in [0.4, 0.5) is 5.69 Å². The Morgan fingerprint density at radius 3 is 2.53 bits per heavy atom. The summed E-state index contributed by atoms with van der Waals surface area (Å²) in [6.07, 6.45) is 5.29. The van der Waals surface area contributed by atoms with Gasteiger partial charge in [0.05, 0.1) is 6.61 Å². The number of nitrogens with zero attached hydrogens (tertiary/aromatic N) is 1. The van der Waals surface area contributed by atoms with Crippen LogP contribution in [-0.2, 0) is 4.74 Å². The van der Waals surface area contributed by atoms with Crippen LogP contribution in [0.3, 0.4) is 0 Å². The van der Waals surface area contributed by atoms with E-state index < -0.39 is 0 Å². The van der Waals surface area contributed by atoms with Crippen molar-refractivity contribution in [2.45, 2.75) is 6.92 Å². The fourth-order valence-electron chi connectivity index (χ4n) is 1.29. The first kappa shape index (κ1) is 11.6. The smallest absolute Gasteiger partial charge is 0.0641 e. The molecule has 1 aromatic rings. The summed E-state index contributed by atoms with van der Waals surface area (Å²) in [6.45, 7) is 4.42. The molecule has 2 nitrogen and oxygen atoms in total. The molecule has 0 aromatic heterocycles. The second kappa shape index (κ2) is 6.10. The predicted octanol–water partition coefficient (Wildman–Crippen LogP) is 2.14. The topological polar surface area (TPSA) is 12.5 Å². The Kier molecular flexibility index (Phi) is 4.73. The van der Waals surface area contributed by atoms with Gasteiger partial charge in [-0.1, -0.05) is 5.92 Å². The average molecular weight is 203 g/mol. The van der Waals surface area contributed by atoms with Gasteiger partial charge in [-0.15, -0.1) is 6.42 Å². The molecule has 0 amide bonds. The molecule has 0 unspecified atom stereocenters. The van der Waals surface area contributed by atoms with Crippen LogP contribution < -0.4 is 4.90 Å². The maximum absolute atomic E-state index is 5.30. The maximum Gasteiger partial charge on any atom is 0.0641 e. The van der Waals surface area contributed by atoms with Crippen LogP contribution in [0.2, 0.25) is 0 Å². The van der Waals surface area contributed by atoms with E-state index in [0.29, 0.717) is 0 Å². The van der Waals surface area contributed by atoms with Crippen molar-refractivity contribution in [2.24, 2.45) is 0 Å². The van der Waals surface area contributed by atoms with E-state index in [4.69, 9.17) is 11.2 Å². The van der Waals surface area contributed by atoms with Gasteiger partial charge < -0.3 is 9.64 Å². The van der Waals surface area contributed by atoms with Crippen molar-refractivity contribution >= 4 is 5.69 Å². The molecule has 0 aliphatic carbocycles. The van der Waals surface area contributed by atoms with Crippen molar-refractivity contribution in [3.05, 3.63) is 29.8 Å².